The van der Waals surface area contributed by atoms with E-state index in [9.17, 15) is 4.79 Å². The van der Waals surface area contributed by atoms with E-state index in [1.165, 1.54) is 11.3 Å². The molecule has 0 fully saturated rings. The zero-order chi connectivity index (χ0) is 19.1. The Morgan fingerprint density at radius 1 is 1.15 bits per heavy atom. The average molecular weight is 377 g/mol. The number of nitrogens with two attached hydrogens (primary N) is 1. The van der Waals surface area contributed by atoms with Gasteiger partial charge in [-0.15, -0.1) is 11.3 Å². The molecule has 0 atom stereocenters. The molecule has 136 valence electrons. The molecular weight excluding hydrogens is 358 g/mol. The number of carbonyl (C=O) groups excluding carboxylic acids is 1. The van der Waals surface area contributed by atoms with E-state index >= 15 is 0 Å². The number of hydrogen-bond donors (Lipinski definition) is 2. The third-order valence-corrected chi connectivity index (χ3v) is 5.76. The van der Waals surface area contributed by atoms with Gasteiger partial charge in [-0.25, -0.2) is 4.98 Å². The van der Waals surface area contributed by atoms with Crippen LogP contribution in [0.1, 0.15) is 20.8 Å². The summed E-state index contributed by atoms with van der Waals surface area (Å²) in [4.78, 5) is 18.8. The van der Waals surface area contributed by atoms with Crippen molar-refractivity contribution in [2.45, 2.75) is 13.8 Å². The number of carbonyl (C=O) groups is 1. The number of thiophene rings is 1. The molecule has 0 bridgehead atoms. The molecule has 1 amide bonds. The molecule has 27 heavy (non-hydrogen) atoms. The zero-order valence-corrected chi connectivity index (χ0v) is 16.1. The number of anilines is 2. The third kappa shape index (κ3) is 2.98. The van der Waals surface area contributed by atoms with Crippen LogP contribution in [0, 0.1) is 13.8 Å². The summed E-state index contributed by atoms with van der Waals surface area (Å²) in [6.45, 7) is 3.94. The fourth-order valence-electron chi connectivity index (χ4n) is 3.16. The Hall–Kier alpha value is -3.12. The van der Waals surface area contributed by atoms with Gasteiger partial charge in [0.2, 0.25) is 0 Å². The molecule has 0 saturated carbocycles. The highest BCUT2D eigenvalue weighted by Crippen LogP contribution is 2.36. The maximum absolute atomic E-state index is 12.9. The monoisotopic (exact) mass is 377 g/mol. The van der Waals surface area contributed by atoms with Gasteiger partial charge in [-0.2, -0.15) is 0 Å². The Bertz CT molecular complexity index is 1180. The number of fused-ring (bicyclic) bond motifs is 2. The predicted molar refractivity (Wildman–Crippen MR) is 112 cm³/mol. The van der Waals surface area contributed by atoms with Crippen LogP contribution >= 0.6 is 11.3 Å². The van der Waals surface area contributed by atoms with Crippen LogP contribution in [0.25, 0.3) is 21.1 Å². The number of methoxy groups -OCH3 is 1. The minimum atomic E-state index is -0.213. The van der Waals surface area contributed by atoms with Crippen LogP contribution in [0.5, 0.6) is 5.75 Å². The van der Waals surface area contributed by atoms with E-state index in [0.29, 0.717) is 10.6 Å². The van der Waals surface area contributed by atoms with Gasteiger partial charge in [0.05, 0.1) is 18.3 Å². The summed E-state index contributed by atoms with van der Waals surface area (Å²) in [7, 11) is 1.63. The molecule has 0 saturated heterocycles. The van der Waals surface area contributed by atoms with E-state index in [0.717, 1.165) is 43.7 Å². The van der Waals surface area contributed by atoms with E-state index in [2.05, 4.69) is 10.3 Å². The summed E-state index contributed by atoms with van der Waals surface area (Å²) < 4.78 is 5.28. The quantitative estimate of drug-likeness (QED) is 0.532. The number of nitrogens with zero attached hydrogens (tertiary/aromatic N) is 1. The lowest BCUT2D eigenvalue weighted by atomic mass is 10.1. The van der Waals surface area contributed by atoms with Crippen LogP contribution in [0.15, 0.2) is 42.5 Å². The summed E-state index contributed by atoms with van der Waals surface area (Å²) in [5, 5.41) is 4.71. The number of nitrogen functional groups attached to an aromatic ring is 1. The number of amides is 1. The minimum Gasteiger partial charge on any atom is -0.497 e. The van der Waals surface area contributed by atoms with Gasteiger partial charge < -0.3 is 15.8 Å². The summed E-state index contributed by atoms with van der Waals surface area (Å²) in [6, 6.07) is 13.6. The van der Waals surface area contributed by atoms with Crippen molar-refractivity contribution in [1.82, 2.24) is 4.98 Å². The summed E-state index contributed by atoms with van der Waals surface area (Å²) in [6.07, 6.45) is 0. The molecule has 3 N–H and O–H groups in total. The second-order valence-corrected chi connectivity index (χ2v) is 7.46. The van der Waals surface area contributed by atoms with Crippen molar-refractivity contribution >= 4 is 49.7 Å². The highest BCUT2D eigenvalue weighted by molar-refractivity contribution is 7.21. The number of hydrogen-bond acceptors (Lipinski definition) is 5. The summed E-state index contributed by atoms with van der Waals surface area (Å²) >= 11 is 1.31. The van der Waals surface area contributed by atoms with Gasteiger partial charge in [-0.1, -0.05) is 18.2 Å². The first-order valence-electron chi connectivity index (χ1n) is 8.52. The average Bonchev–Trinajstić information content (AvgIpc) is 2.98. The second kappa shape index (κ2) is 6.55. The van der Waals surface area contributed by atoms with Gasteiger partial charge in [-0.05, 0) is 49.2 Å². The first-order valence-corrected chi connectivity index (χ1v) is 9.34. The molecule has 4 aromatic rings. The normalized spacial score (nSPS) is 11.1. The number of aromatic nitrogens is 1. The molecule has 5 nitrogen and oxygen atoms in total. The summed E-state index contributed by atoms with van der Waals surface area (Å²) in [5.74, 6) is 0.542. The standard InChI is InChI=1S/C21H19N3O2S/c1-11-5-4-6-12(2)18(11)24-20(25)19-17(22)15-10-13-9-14(26-3)7-8-16(13)23-21(15)27-19/h4-10H,22H2,1-3H3,(H,24,25). The van der Waals surface area contributed by atoms with Crippen molar-refractivity contribution in [3.05, 3.63) is 58.5 Å². The lowest BCUT2D eigenvalue weighted by Crippen LogP contribution is -2.13. The molecule has 2 heterocycles. The van der Waals surface area contributed by atoms with E-state index in [4.69, 9.17) is 10.5 Å². The van der Waals surface area contributed by atoms with Gasteiger partial charge >= 0.3 is 0 Å². The van der Waals surface area contributed by atoms with Crippen LogP contribution in [0.2, 0.25) is 0 Å². The lowest BCUT2D eigenvalue weighted by Gasteiger charge is -2.10. The van der Waals surface area contributed by atoms with Crippen molar-refractivity contribution in [2.24, 2.45) is 0 Å². The van der Waals surface area contributed by atoms with Gasteiger partial charge in [0, 0.05) is 16.5 Å². The fraction of sp³-hybridized carbons (Fsp3) is 0.143. The maximum atomic E-state index is 12.9. The number of nitrogens with one attached hydrogen (secondary N) is 1. The molecule has 2 aromatic carbocycles. The molecule has 0 radical (unpaired) electrons. The highest BCUT2D eigenvalue weighted by Gasteiger charge is 2.19. The Morgan fingerprint density at radius 2 is 1.89 bits per heavy atom. The van der Waals surface area contributed by atoms with Crippen LogP contribution in [0.3, 0.4) is 0 Å². The van der Waals surface area contributed by atoms with Crippen molar-refractivity contribution in [3.63, 3.8) is 0 Å². The van der Waals surface area contributed by atoms with E-state index in [1.807, 2.05) is 56.3 Å². The Morgan fingerprint density at radius 3 is 2.59 bits per heavy atom. The largest absolute Gasteiger partial charge is 0.497 e. The molecule has 0 aliphatic carbocycles. The van der Waals surface area contributed by atoms with Crippen LogP contribution in [-0.4, -0.2) is 18.0 Å². The molecule has 2 aromatic heterocycles. The first kappa shape index (κ1) is 17.3. The number of pyridine rings is 1. The Kier molecular flexibility index (Phi) is 4.20. The molecule has 0 unspecified atom stereocenters. The van der Waals surface area contributed by atoms with E-state index in [1.54, 1.807) is 7.11 Å². The molecular formula is C21H19N3O2S. The zero-order valence-electron chi connectivity index (χ0n) is 15.3. The first-order chi connectivity index (χ1) is 13.0. The Labute approximate surface area is 160 Å². The number of ether oxygens (including phenoxy) is 1. The number of para-hydroxylation sites is 1. The van der Waals surface area contributed by atoms with Crippen molar-refractivity contribution in [3.8, 4) is 5.75 Å². The van der Waals surface area contributed by atoms with Crippen molar-refractivity contribution < 1.29 is 9.53 Å². The number of aryl methyl sites for hydroxylation is 2. The molecule has 0 spiro atoms. The minimum absolute atomic E-state index is 0.213. The predicted octanol–water partition coefficient (Wildman–Crippen LogP) is 4.91. The van der Waals surface area contributed by atoms with Crippen LogP contribution < -0.4 is 15.8 Å². The van der Waals surface area contributed by atoms with Crippen LogP contribution in [-0.2, 0) is 0 Å². The summed E-state index contributed by atoms with van der Waals surface area (Å²) in [5.41, 5.74) is 10.5. The third-order valence-electron chi connectivity index (χ3n) is 4.65. The number of benzene rings is 2. The maximum Gasteiger partial charge on any atom is 0.267 e. The van der Waals surface area contributed by atoms with Gasteiger partial charge in [0.15, 0.2) is 0 Å². The van der Waals surface area contributed by atoms with Crippen molar-refractivity contribution in [1.29, 1.82) is 0 Å². The molecule has 0 aliphatic heterocycles. The van der Waals surface area contributed by atoms with Crippen molar-refractivity contribution in [2.75, 3.05) is 18.2 Å². The molecule has 4 rings (SSSR count). The van der Waals surface area contributed by atoms with Gasteiger partial charge in [-0.3, -0.25) is 4.79 Å². The topological polar surface area (TPSA) is 77.2 Å². The highest BCUT2D eigenvalue weighted by atomic mass is 32.1. The molecule has 0 aliphatic rings. The second-order valence-electron chi connectivity index (χ2n) is 6.47. The molecule has 6 heteroatoms. The van der Waals surface area contributed by atoms with E-state index < -0.39 is 0 Å². The smallest absolute Gasteiger partial charge is 0.267 e. The Balaban J connectivity index is 1.78. The number of rotatable bonds is 3. The lowest BCUT2D eigenvalue weighted by molar-refractivity contribution is 0.103. The van der Waals surface area contributed by atoms with E-state index in [-0.39, 0.29) is 5.91 Å². The van der Waals surface area contributed by atoms with Crippen LogP contribution in [0.4, 0.5) is 11.4 Å². The fourth-order valence-corrected chi connectivity index (χ4v) is 4.14. The van der Waals surface area contributed by atoms with Gasteiger partial charge in [0.1, 0.15) is 15.5 Å². The van der Waals surface area contributed by atoms with Gasteiger partial charge in [0.25, 0.3) is 5.91 Å². The SMILES string of the molecule is COc1ccc2nc3sc(C(=O)Nc4c(C)cccc4C)c(N)c3cc2c1.